The van der Waals surface area contributed by atoms with Crippen molar-refractivity contribution in [3.05, 3.63) is 24.3 Å². The van der Waals surface area contributed by atoms with Gasteiger partial charge in [-0.2, -0.15) is 0 Å². The van der Waals surface area contributed by atoms with Crippen molar-refractivity contribution in [2.75, 3.05) is 25.1 Å². The normalized spacial score (nSPS) is 34.7. The van der Waals surface area contributed by atoms with Crippen molar-refractivity contribution in [3.63, 3.8) is 0 Å². The van der Waals surface area contributed by atoms with E-state index in [4.69, 9.17) is 28.4 Å². The Morgan fingerprint density at radius 3 is 1.38 bits per heavy atom. The number of carbonyl (C=O) groups excluding carboxylic acids is 1. The molecule has 0 unspecified atom stereocenters. The summed E-state index contributed by atoms with van der Waals surface area (Å²) >= 11 is 0. The van der Waals surface area contributed by atoms with Crippen molar-refractivity contribution in [2.24, 2.45) is 0 Å². The summed E-state index contributed by atoms with van der Waals surface area (Å²) in [4.78, 5) is 12.5. The van der Waals surface area contributed by atoms with E-state index in [2.05, 4.69) is 12.2 Å². The first-order chi connectivity index (χ1) is 28.9. The quantitative estimate of drug-likeness (QED) is 0.0572. The van der Waals surface area contributed by atoms with E-state index >= 15 is 0 Å². The Morgan fingerprint density at radius 1 is 0.517 bits per heavy atom. The van der Waals surface area contributed by atoms with Gasteiger partial charge in [-0.05, 0) is 30.7 Å². The number of hydrogen-bond acceptors (Lipinski definition) is 17. The number of nitrogens with one attached hydrogen (secondary N) is 1. The SMILES string of the molecule is CCCCCCCCCCCCCCCCCC(=O)Nc1ccc(O[C@@H]2O[C@H](CO)[C@@H](O[C@@H]3O[C@H](CO)[C@H](O[C@H]4O[C@H](CO)[C@H](O)[C@H](O)[C@H]4O)[C@H](O)[C@H]3O)[C@H](O)[C@H]2O)cc1. The van der Waals surface area contributed by atoms with Crippen molar-refractivity contribution in [3.8, 4) is 5.75 Å². The highest BCUT2D eigenvalue weighted by atomic mass is 16.8. The van der Waals surface area contributed by atoms with Gasteiger partial charge in [0.05, 0.1) is 19.8 Å². The summed E-state index contributed by atoms with van der Waals surface area (Å²) in [5.74, 6) is 0.110. The Morgan fingerprint density at radius 2 is 0.917 bits per heavy atom. The third-order valence-electron chi connectivity index (χ3n) is 11.5. The number of amides is 1. The summed E-state index contributed by atoms with van der Waals surface area (Å²) in [5, 5.41) is 107. The van der Waals surface area contributed by atoms with Gasteiger partial charge in [-0.3, -0.25) is 4.79 Å². The van der Waals surface area contributed by atoms with Crippen LogP contribution in [-0.4, -0.2) is 169 Å². The van der Waals surface area contributed by atoms with Crippen LogP contribution < -0.4 is 10.1 Å². The predicted octanol–water partition coefficient (Wildman–Crippen LogP) is 0.714. The number of carbonyl (C=O) groups is 1. The van der Waals surface area contributed by atoms with Crippen LogP contribution in [0.3, 0.4) is 0 Å². The number of aliphatic hydroxyl groups excluding tert-OH is 10. The molecule has 346 valence electrons. The second kappa shape index (κ2) is 26.5. The fraction of sp³-hybridized carbons (Fsp3) is 0.833. The maximum absolute atomic E-state index is 12.5. The van der Waals surface area contributed by atoms with Gasteiger partial charge in [-0.25, -0.2) is 0 Å². The van der Waals surface area contributed by atoms with E-state index < -0.39 is 112 Å². The number of rotatable bonds is 26. The third-order valence-corrected chi connectivity index (χ3v) is 11.5. The molecule has 60 heavy (non-hydrogen) atoms. The molecule has 1 amide bonds. The van der Waals surface area contributed by atoms with Crippen LogP contribution >= 0.6 is 0 Å². The predicted molar refractivity (Wildman–Crippen MR) is 214 cm³/mol. The topological polar surface area (TPSA) is 287 Å². The molecular formula is C42H71NO17. The molecule has 3 heterocycles. The standard InChI is InChI=1S/C42H71NO17/c1-2-3-4-5-6-7-8-9-10-11-12-13-14-15-16-17-30(47)43-25-18-20-26(21-19-25)55-40-36(53)33(50)38(28(23-45)57-40)60-42-37(54)34(51)39(29(24-46)58-42)59-41-35(52)32(49)31(48)27(22-44)56-41/h18-21,27-29,31-42,44-46,48-54H,2-17,22-24H2,1H3,(H,43,47)/t27-,28-,29-,31+,32+,33-,34-,35-,36-,37-,38-,39+,40-,41-,42+/m1/s1. The molecule has 0 aliphatic carbocycles. The van der Waals surface area contributed by atoms with Crippen LogP contribution in [-0.2, 0) is 28.5 Å². The highest BCUT2D eigenvalue weighted by molar-refractivity contribution is 5.90. The first-order valence-corrected chi connectivity index (χ1v) is 21.9. The molecule has 1 aromatic carbocycles. The van der Waals surface area contributed by atoms with Gasteiger partial charge in [0.2, 0.25) is 12.2 Å². The number of benzene rings is 1. The molecule has 0 saturated carbocycles. The van der Waals surface area contributed by atoms with Crippen LogP contribution in [0.4, 0.5) is 5.69 Å². The minimum Gasteiger partial charge on any atom is -0.462 e. The average Bonchev–Trinajstić information content (AvgIpc) is 3.25. The van der Waals surface area contributed by atoms with Crippen molar-refractivity contribution in [1.29, 1.82) is 0 Å². The molecule has 0 spiro atoms. The van der Waals surface area contributed by atoms with Crippen LogP contribution in [0.25, 0.3) is 0 Å². The Labute approximate surface area is 352 Å². The zero-order valence-electron chi connectivity index (χ0n) is 34.7. The fourth-order valence-electron chi connectivity index (χ4n) is 7.77. The second-order valence-corrected chi connectivity index (χ2v) is 16.2. The molecule has 0 aromatic heterocycles. The largest absolute Gasteiger partial charge is 0.462 e. The molecule has 3 aliphatic heterocycles. The van der Waals surface area contributed by atoms with E-state index in [0.29, 0.717) is 12.1 Å². The number of hydrogen-bond donors (Lipinski definition) is 11. The summed E-state index contributed by atoms with van der Waals surface area (Å²) in [5.41, 5.74) is 0.537. The first-order valence-electron chi connectivity index (χ1n) is 21.9. The third kappa shape index (κ3) is 14.7. The van der Waals surface area contributed by atoms with E-state index in [1.807, 2.05) is 0 Å². The average molecular weight is 862 g/mol. The van der Waals surface area contributed by atoms with E-state index in [-0.39, 0.29) is 11.7 Å². The van der Waals surface area contributed by atoms with Crippen molar-refractivity contribution in [1.82, 2.24) is 0 Å². The fourth-order valence-corrected chi connectivity index (χ4v) is 7.77. The Kier molecular flexibility index (Phi) is 22.3. The van der Waals surface area contributed by atoms with Crippen LogP contribution in [0.15, 0.2) is 24.3 Å². The molecule has 18 nitrogen and oxygen atoms in total. The van der Waals surface area contributed by atoms with Gasteiger partial charge in [0.25, 0.3) is 0 Å². The van der Waals surface area contributed by atoms with E-state index in [9.17, 15) is 55.9 Å². The lowest BCUT2D eigenvalue weighted by Crippen LogP contribution is -2.66. The molecule has 11 N–H and O–H groups in total. The monoisotopic (exact) mass is 861 g/mol. The molecule has 3 saturated heterocycles. The van der Waals surface area contributed by atoms with E-state index in [1.54, 1.807) is 12.1 Å². The van der Waals surface area contributed by atoms with Gasteiger partial charge in [-0.15, -0.1) is 0 Å². The lowest BCUT2D eigenvalue weighted by molar-refractivity contribution is -0.376. The van der Waals surface area contributed by atoms with E-state index in [1.165, 1.54) is 89.2 Å². The molecule has 0 bridgehead atoms. The molecule has 3 fully saturated rings. The van der Waals surface area contributed by atoms with E-state index in [0.717, 1.165) is 19.3 Å². The zero-order valence-corrected chi connectivity index (χ0v) is 34.7. The lowest BCUT2D eigenvalue weighted by atomic mass is 9.96. The van der Waals surface area contributed by atoms with Gasteiger partial charge in [0.15, 0.2) is 12.6 Å². The highest BCUT2D eigenvalue weighted by Crippen LogP contribution is 2.33. The van der Waals surface area contributed by atoms with Crippen molar-refractivity contribution >= 4 is 11.6 Å². The molecule has 15 atom stereocenters. The summed E-state index contributed by atoms with van der Waals surface area (Å²) < 4.78 is 33.7. The maximum Gasteiger partial charge on any atom is 0.229 e. The molecule has 18 heteroatoms. The van der Waals surface area contributed by atoms with Crippen molar-refractivity contribution in [2.45, 2.75) is 202 Å². The van der Waals surface area contributed by atoms with Crippen LogP contribution in [0, 0.1) is 0 Å². The Bertz CT molecular complexity index is 1320. The second-order valence-electron chi connectivity index (χ2n) is 16.2. The van der Waals surface area contributed by atoms with Crippen LogP contribution in [0.5, 0.6) is 5.75 Å². The lowest BCUT2D eigenvalue weighted by Gasteiger charge is -2.48. The molecule has 0 radical (unpaired) electrons. The molecule has 1 aromatic rings. The summed E-state index contributed by atoms with van der Waals surface area (Å²) in [6.07, 6.45) is -5.93. The molecular weight excluding hydrogens is 790 g/mol. The molecule has 4 rings (SSSR count). The summed E-state index contributed by atoms with van der Waals surface area (Å²) in [7, 11) is 0. The van der Waals surface area contributed by atoms with Gasteiger partial charge in [0.1, 0.15) is 79.0 Å². The zero-order chi connectivity index (χ0) is 43.6. The summed E-state index contributed by atoms with van der Waals surface area (Å²) in [6, 6.07) is 6.29. The number of unbranched alkanes of at least 4 members (excludes halogenated alkanes) is 14. The molecule has 3 aliphatic rings. The van der Waals surface area contributed by atoms with Gasteiger partial charge in [0, 0.05) is 12.1 Å². The smallest absolute Gasteiger partial charge is 0.229 e. The summed E-state index contributed by atoms with van der Waals surface area (Å²) in [6.45, 7) is -0.0947. The van der Waals surface area contributed by atoms with Gasteiger partial charge >= 0.3 is 0 Å². The maximum atomic E-state index is 12.5. The number of aliphatic hydroxyl groups is 10. The highest BCUT2D eigenvalue weighted by Gasteiger charge is 2.53. The number of anilines is 1. The van der Waals surface area contributed by atoms with Gasteiger partial charge < -0.3 is 84.8 Å². The van der Waals surface area contributed by atoms with Crippen LogP contribution in [0.1, 0.15) is 110 Å². The van der Waals surface area contributed by atoms with Gasteiger partial charge in [-0.1, -0.05) is 96.8 Å². The number of ether oxygens (including phenoxy) is 6. The Balaban J connectivity index is 1.17. The Hall–Kier alpha value is -2.11. The first kappa shape index (κ1) is 50.5. The minimum absolute atomic E-state index is 0.105. The van der Waals surface area contributed by atoms with Crippen LogP contribution in [0.2, 0.25) is 0 Å². The minimum atomic E-state index is -1.94. The van der Waals surface area contributed by atoms with Crippen molar-refractivity contribution < 1.29 is 84.3 Å².